The van der Waals surface area contributed by atoms with Crippen LogP contribution in [0.4, 0.5) is 11.4 Å². The van der Waals surface area contributed by atoms with E-state index in [0.29, 0.717) is 12.6 Å². The molecule has 0 bridgehead atoms. The van der Waals surface area contributed by atoms with Crippen LogP contribution in [0.2, 0.25) is 0 Å². The molecule has 35 heavy (non-hydrogen) atoms. The van der Waals surface area contributed by atoms with Crippen molar-refractivity contribution in [2.45, 2.75) is 31.8 Å². The van der Waals surface area contributed by atoms with Crippen LogP contribution < -0.4 is 20.4 Å². The Labute approximate surface area is 209 Å². The molecule has 2 saturated heterocycles. The van der Waals surface area contributed by atoms with Crippen LogP contribution in [0.25, 0.3) is 0 Å². The molecular weight excluding hydrogens is 438 g/mol. The van der Waals surface area contributed by atoms with Gasteiger partial charge in [0, 0.05) is 82.4 Å². The molecule has 3 heterocycles. The quantitative estimate of drug-likeness (QED) is 0.609. The van der Waals surface area contributed by atoms with Gasteiger partial charge in [-0.05, 0) is 60.7 Å². The molecular formula is C28H39N5O2. The highest BCUT2D eigenvalue weighted by molar-refractivity contribution is 5.94. The number of hydrogen-bond donors (Lipinski definition) is 2. The molecule has 5 rings (SSSR count). The SMILES string of the molecule is CN1CCc2cc(CNC3CCN(c4ccc(C(=O)NCCN5CCOCC5)cc4)CC3)ccc21. The number of nitrogens with zero attached hydrogens (tertiary/aromatic N) is 3. The van der Waals surface area contributed by atoms with E-state index in [-0.39, 0.29) is 5.91 Å². The molecule has 2 N–H and O–H groups in total. The molecule has 1 amide bonds. The first-order chi connectivity index (χ1) is 17.2. The fourth-order valence-electron chi connectivity index (χ4n) is 5.41. The maximum absolute atomic E-state index is 12.5. The number of amides is 1. The number of fused-ring (bicyclic) bond motifs is 1. The Morgan fingerprint density at radius 1 is 1.00 bits per heavy atom. The third kappa shape index (κ3) is 6.15. The van der Waals surface area contributed by atoms with Crippen molar-refractivity contribution in [3.8, 4) is 0 Å². The highest BCUT2D eigenvalue weighted by Gasteiger charge is 2.20. The van der Waals surface area contributed by atoms with E-state index in [9.17, 15) is 4.79 Å². The Kier molecular flexibility index (Phi) is 7.86. The Balaban J connectivity index is 1.04. The molecule has 0 atom stereocenters. The average molecular weight is 478 g/mol. The first-order valence-electron chi connectivity index (χ1n) is 13.2. The Morgan fingerprint density at radius 3 is 2.54 bits per heavy atom. The molecule has 0 spiro atoms. The highest BCUT2D eigenvalue weighted by atomic mass is 16.5. The van der Waals surface area contributed by atoms with Gasteiger partial charge >= 0.3 is 0 Å². The number of piperidine rings is 1. The number of carbonyl (C=O) groups is 1. The Bertz CT molecular complexity index is 981. The van der Waals surface area contributed by atoms with Crippen LogP contribution >= 0.6 is 0 Å². The van der Waals surface area contributed by atoms with E-state index in [4.69, 9.17) is 4.74 Å². The van der Waals surface area contributed by atoms with Gasteiger partial charge in [-0.3, -0.25) is 9.69 Å². The summed E-state index contributed by atoms with van der Waals surface area (Å²) >= 11 is 0. The summed E-state index contributed by atoms with van der Waals surface area (Å²) in [5.41, 5.74) is 6.19. The molecule has 0 aromatic heterocycles. The molecule has 0 saturated carbocycles. The summed E-state index contributed by atoms with van der Waals surface area (Å²) in [6.45, 7) is 9.16. The minimum absolute atomic E-state index is 0.00548. The Hall–Kier alpha value is -2.61. The van der Waals surface area contributed by atoms with E-state index in [1.54, 1.807) is 0 Å². The lowest BCUT2D eigenvalue weighted by Gasteiger charge is -2.34. The second kappa shape index (κ2) is 11.4. The molecule has 3 aliphatic rings. The summed E-state index contributed by atoms with van der Waals surface area (Å²) < 4.78 is 5.37. The van der Waals surface area contributed by atoms with Gasteiger partial charge in [-0.2, -0.15) is 0 Å². The third-order valence-electron chi connectivity index (χ3n) is 7.67. The number of hydrogen-bond acceptors (Lipinski definition) is 6. The lowest BCUT2D eigenvalue weighted by molar-refractivity contribution is 0.0383. The largest absolute Gasteiger partial charge is 0.379 e. The molecule has 0 aliphatic carbocycles. The van der Waals surface area contributed by atoms with E-state index in [0.717, 1.165) is 83.9 Å². The smallest absolute Gasteiger partial charge is 0.251 e. The zero-order valence-corrected chi connectivity index (χ0v) is 21.0. The fourth-order valence-corrected chi connectivity index (χ4v) is 5.41. The predicted octanol–water partition coefficient (Wildman–Crippen LogP) is 2.50. The molecule has 0 unspecified atom stereocenters. The summed E-state index contributed by atoms with van der Waals surface area (Å²) in [7, 11) is 2.17. The normalized spacial score (nSPS) is 19.1. The number of carbonyl (C=O) groups excluding carboxylic acids is 1. The number of ether oxygens (including phenoxy) is 1. The standard InChI is InChI=1S/C28H39N5O2/c1-31-12-8-24-20-22(2-7-27(24)31)21-30-25-9-13-33(14-10-25)26-5-3-23(4-6-26)28(34)29-11-15-32-16-18-35-19-17-32/h2-7,20,25,30H,8-19,21H2,1H3,(H,29,34). The molecule has 3 aliphatic heterocycles. The maximum atomic E-state index is 12.5. The molecule has 2 aromatic carbocycles. The number of morpholine rings is 1. The van der Waals surface area contributed by atoms with Crippen molar-refractivity contribution in [3.05, 3.63) is 59.2 Å². The van der Waals surface area contributed by atoms with Crippen LogP contribution in [0.15, 0.2) is 42.5 Å². The summed E-state index contributed by atoms with van der Waals surface area (Å²) in [5.74, 6) is 0.00548. The third-order valence-corrected chi connectivity index (χ3v) is 7.67. The van der Waals surface area contributed by atoms with Gasteiger partial charge < -0.3 is 25.2 Å². The fraction of sp³-hybridized carbons (Fsp3) is 0.536. The molecule has 188 valence electrons. The molecule has 7 heteroatoms. The average Bonchev–Trinajstić information content (AvgIpc) is 3.28. The highest BCUT2D eigenvalue weighted by Crippen LogP contribution is 2.27. The van der Waals surface area contributed by atoms with E-state index >= 15 is 0 Å². The van der Waals surface area contributed by atoms with Crippen molar-refractivity contribution < 1.29 is 9.53 Å². The van der Waals surface area contributed by atoms with Crippen LogP contribution in [-0.4, -0.2) is 82.9 Å². The monoisotopic (exact) mass is 477 g/mol. The lowest BCUT2D eigenvalue weighted by Crippen LogP contribution is -2.42. The van der Waals surface area contributed by atoms with Gasteiger partial charge in [0.05, 0.1) is 13.2 Å². The summed E-state index contributed by atoms with van der Waals surface area (Å²) in [5, 5.41) is 6.82. The molecule has 0 radical (unpaired) electrons. The minimum Gasteiger partial charge on any atom is -0.379 e. The van der Waals surface area contributed by atoms with Crippen LogP contribution in [0.1, 0.15) is 34.3 Å². The first kappa shape index (κ1) is 24.1. The number of benzene rings is 2. The topological polar surface area (TPSA) is 60.1 Å². The minimum atomic E-state index is 0.00548. The Morgan fingerprint density at radius 2 is 1.77 bits per heavy atom. The van der Waals surface area contributed by atoms with Crippen molar-refractivity contribution in [2.75, 3.05) is 75.9 Å². The summed E-state index contributed by atoms with van der Waals surface area (Å²) in [4.78, 5) is 19.6. The number of nitrogens with one attached hydrogen (secondary N) is 2. The maximum Gasteiger partial charge on any atom is 0.251 e. The van der Waals surface area contributed by atoms with Crippen molar-refractivity contribution in [3.63, 3.8) is 0 Å². The van der Waals surface area contributed by atoms with E-state index in [2.05, 4.69) is 62.7 Å². The van der Waals surface area contributed by atoms with Gasteiger partial charge in [-0.15, -0.1) is 0 Å². The van der Waals surface area contributed by atoms with Crippen LogP contribution in [-0.2, 0) is 17.7 Å². The number of rotatable bonds is 8. The molecule has 2 aromatic rings. The van der Waals surface area contributed by atoms with E-state index in [1.807, 2.05) is 12.1 Å². The second-order valence-corrected chi connectivity index (χ2v) is 10.0. The van der Waals surface area contributed by atoms with Crippen LogP contribution in [0, 0.1) is 0 Å². The van der Waals surface area contributed by atoms with Gasteiger partial charge in [0.1, 0.15) is 0 Å². The zero-order chi connectivity index (χ0) is 24.0. The zero-order valence-electron chi connectivity index (χ0n) is 21.0. The molecule has 7 nitrogen and oxygen atoms in total. The number of likely N-dealkylation sites (N-methyl/N-ethyl adjacent to an activating group) is 1. The predicted molar refractivity (Wildman–Crippen MR) is 142 cm³/mol. The van der Waals surface area contributed by atoms with Crippen molar-refractivity contribution in [2.24, 2.45) is 0 Å². The van der Waals surface area contributed by atoms with E-state index < -0.39 is 0 Å². The van der Waals surface area contributed by atoms with Crippen LogP contribution in [0.5, 0.6) is 0 Å². The first-order valence-corrected chi connectivity index (χ1v) is 13.2. The summed E-state index contributed by atoms with van der Waals surface area (Å²) in [6, 6.07) is 15.6. The molecule has 2 fully saturated rings. The van der Waals surface area contributed by atoms with Crippen molar-refractivity contribution >= 4 is 17.3 Å². The van der Waals surface area contributed by atoms with Gasteiger partial charge in [0.25, 0.3) is 5.91 Å². The van der Waals surface area contributed by atoms with E-state index in [1.165, 1.54) is 22.5 Å². The number of anilines is 2. The van der Waals surface area contributed by atoms with Gasteiger partial charge in [-0.25, -0.2) is 0 Å². The second-order valence-electron chi connectivity index (χ2n) is 10.0. The van der Waals surface area contributed by atoms with Gasteiger partial charge in [0.2, 0.25) is 0 Å². The van der Waals surface area contributed by atoms with Crippen molar-refractivity contribution in [1.82, 2.24) is 15.5 Å². The van der Waals surface area contributed by atoms with Crippen LogP contribution in [0.3, 0.4) is 0 Å². The van der Waals surface area contributed by atoms with Gasteiger partial charge in [-0.1, -0.05) is 12.1 Å². The summed E-state index contributed by atoms with van der Waals surface area (Å²) in [6.07, 6.45) is 3.43. The lowest BCUT2D eigenvalue weighted by atomic mass is 10.0. The van der Waals surface area contributed by atoms with Crippen molar-refractivity contribution in [1.29, 1.82) is 0 Å². The van der Waals surface area contributed by atoms with Gasteiger partial charge in [0.15, 0.2) is 0 Å².